The number of nitrogens with zero attached hydrogens (tertiary/aromatic N) is 3. The van der Waals surface area contributed by atoms with Gasteiger partial charge in [0.1, 0.15) is 11.5 Å². The summed E-state index contributed by atoms with van der Waals surface area (Å²) in [5.41, 5.74) is 4.29. The highest BCUT2D eigenvalue weighted by molar-refractivity contribution is 6.03. The first-order valence-corrected chi connectivity index (χ1v) is 8.90. The Labute approximate surface area is 159 Å². The molecule has 0 aliphatic rings. The van der Waals surface area contributed by atoms with E-state index in [0.717, 1.165) is 22.4 Å². The molecule has 0 atom stereocenters. The Hall–Kier alpha value is -3.28. The molecule has 1 aromatic carbocycles. The summed E-state index contributed by atoms with van der Waals surface area (Å²) in [6.07, 6.45) is 6.56. The van der Waals surface area contributed by atoms with E-state index in [1.807, 2.05) is 37.3 Å². The summed E-state index contributed by atoms with van der Waals surface area (Å²) in [7, 11) is 0. The van der Waals surface area contributed by atoms with Gasteiger partial charge in [-0.3, -0.25) is 9.78 Å². The molecule has 138 valence electrons. The minimum absolute atomic E-state index is 0.266. The molecule has 6 heteroatoms. The van der Waals surface area contributed by atoms with Gasteiger partial charge in [-0.15, -0.1) is 0 Å². The number of hydrogen-bond acceptors (Lipinski definition) is 5. The van der Waals surface area contributed by atoms with Crippen molar-refractivity contribution in [3.05, 3.63) is 77.5 Å². The van der Waals surface area contributed by atoms with Gasteiger partial charge in [0, 0.05) is 24.6 Å². The predicted octanol–water partition coefficient (Wildman–Crippen LogP) is 4.17. The molecule has 27 heavy (non-hydrogen) atoms. The zero-order valence-electron chi connectivity index (χ0n) is 15.7. The number of carbonyl (C=O) groups excluding carboxylic acids is 1. The first-order valence-electron chi connectivity index (χ1n) is 8.90. The number of anilines is 2. The molecule has 0 saturated carbocycles. The van der Waals surface area contributed by atoms with Crippen molar-refractivity contribution < 1.29 is 4.79 Å². The number of aryl methyl sites for hydroxylation is 1. The van der Waals surface area contributed by atoms with Crippen LogP contribution in [0.25, 0.3) is 0 Å². The molecule has 6 nitrogen and oxygen atoms in total. The van der Waals surface area contributed by atoms with E-state index in [2.05, 4.69) is 39.4 Å². The van der Waals surface area contributed by atoms with E-state index in [-0.39, 0.29) is 11.6 Å². The van der Waals surface area contributed by atoms with E-state index in [1.165, 1.54) is 6.20 Å². The highest BCUT2D eigenvalue weighted by Gasteiger charge is 2.14. The first-order chi connectivity index (χ1) is 13.0. The maximum atomic E-state index is 12.6. The minimum Gasteiger partial charge on any atom is -0.365 e. The van der Waals surface area contributed by atoms with Crippen molar-refractivity contribution in [3.8, 4) is 0 Å². The largest absolute Gasteiger partial charge is 0.365 e. The highest BCUT2D eigenvalue weighted by Crippen LogP contribution is 2.27. The van der Waals surface area contributed by atoms with Gasteiger partial charge < -0.3 is 10.6 Å². The molecule has 0 unspecified atom stereocenters. The Morgan fingerprint density at radius 1 is 1.07 bits per heavy atom. The third-order valence-corrected chi connectivity index (χ3v) is 4.25. The van der Waals surface area contributed by atoms with Crippen LogP contribution in [-0.2, 0) is 6.54 Å². The average molecular weight is 361 g/mol. The summed E-state index contributed by atoms with van der Waals surface area (Å²) in [6.45, 7) is 6.79. The van der Waals surface area contributed by atoms with Gasteiger partial charge in [0.2, 0.25) is 0 Å². The molecule has 3 aromatic rings. The third-order valence-electron chi connectivity index (χ3n) is 4.25. The number of carbonyl (C=O) groups is 1. The van der Waals surface area contributed by atoms with Gasteiger partial charge in [0.25, 0.3) is 5.91 Å². The van der Waals surface area contributed by atoms with E-state index in [9.17, 15) is 4.79 Å². The number of hydrogen-bond donors (Lipinski definition) is 2. The molecule has 2 N–H and O–H groups in total. The van der Waals surface area contributed by atoms with E-state index in [1.54, 1.807) is 18.6 Å². The summed E-state index contributed by atoms with van der Waals surface area (Å²) >= 11 is 0. The molecule has 0 fully saturated rings. The molecular formula is C21H23N5O. The van der Waals surface area contributed by atoms with Crippen molar-refractivity contribution in [1.82, 2.24) is 15.0 Å². The lowest BCUT2D eigenvalue weighted by Gasteiger charge is -2.16. The van der Waals surface area contributed by atoms with E-state index in [4.69, 9.17) is 0 Å². The number of nitrogens with one attached hydrogen (secondary N) is 2. The minimum atomic E-state index is -0.266. The maximum Gasteiger partial charge on any atom is 0.275 e. The monoisotopic (exact) mass is 361 g/mol. The van der Waals surface area contributed by atoms with Crippen LogP contribution in [0.4, 0.5) is 11.5 Å². The molecule has 0 saturated heterocycles. The number of para-hydroxylation sites is 1. The molecule has 2 heterocycles. The van der Waals surface area contributed by atoms with Crippen molar-refractivity contribution in [2.45, 2.75) is 33.2 Å². The van der Waals surface area contributed by atoms with Crippen LogP contribution >= 0.6 is 0 Å². The van der Waals surface area contributed by atoms with Crippen LogP contribution in [-0.4, -0.2) is 20.9 Å². The first kappa shape index (κ1) is 18.5. The average Bonchev–Trinajstić information content (AvgIpc) is 2.69. The van der Waals surface area contributed by atoms with Gasteiger partial charge in [0.05, 0.1) is 12.4 Å². The molecule has 0 spiro atoms. The van der Waals surface area contributed by atoms with Crippen LogP contribution < -0.4 is 10.6 Å². The number of pyridine rings is 1. The fourth-order valence-corrected chi connectivity index (χ4v) is 2.75. The highest BCUT2D eigenvalue weighted by atomic mass is 16.1. The lowest BCUT2D eigenvalue weighted by molar-refractivity contribution is 0.102. The SMILES string of the molecule is Cc1cccc(C(C)C)c1NC(=O)c1cnc(NCc2cccnc2)cn1. The van der Waals surface area contributed by atoms with Crippen molar-refractivity contribution in [3.63, 3.8) is 0 Å². The third kappa shape index (κ3) is 4.67. The lowest BCUT2D eigenvalue weighted by atomic mass is 9.98. The molecule has 3 rings (SSSR count). The molecule has 0 bridgehead atoms. The zero-order valence-corrected chi connectivity index (χ0v) is 15.7. The Kier molecular flexibility index (Phi) is 5.76. The summed E-state index contributed by atoms with van der Waals surface area (Å²) in [5, 5.41) is 6.15. The van der Waals surface area contributed by atoms with Gasteiger partial charge in [-0.25, -0.2) is 9.97 Å². The molecule has 0 aliphatic carbocycles. The molecule has 0 aliphatic heterocycles. The van der Waals surface area contributed by atoms with E-state index < -0.39 is 0 Å². The van der Waals surface area contributed by atoms with Crippen molar-refractivity contribution in [2.75, 3.05) is 10.6 Å². The number of rotatable bonds is 6. The van der Waals surface area contributed by atoms with Gasteiger partial charge in [-0.2, -0.15) is 0 Å². The standard InChI is InChI=1S/C21H23N5O/c1-14(2)17-8-4-6-15(3)20(17)26-21(27)18-12-25-19(13-23-18)24-11-16-7-5-9-22-10-16/h4-10,12-14H,11H2,1-3H3,(H,24,25)(H,26,27). The van der Waals surface area contributed by atoms with Crippen LogP contribution in [0.3, 0.4) is 0 Å². The smallest absolute Gasteiger partial charge is 0.275 e. The number of benzene rings is 1. The molecular weight excluding hydrogens is 338 g/mol. The molecule has 1 amide bonds. The second kappa shape index (κ2) is 8.40. The Bertz CT molecular complexity index is 908. The van der Waals surface area contributed by atoms with Crippen LogP contribution in [0.15, 0.2) is 55.1 Å². The van der Waals surface area contributed by atoms with Crippen LogP contribution in [0, 0.1) is 6.92 Å². The normalized spacial score (nSPS) is 10.7. The van der Waals surface area contributed by atoms with Gasteiger partial charge >= 0.3 is 0 Å². The zero-order chi connectivity index (χ0) is 19.2. The van der Waals surface area contributed by atoms with Gasteiger partial charge in [-0.1, -0.05) is 38.1 Å². The molecule has 0 radical (unpaired) electrons. The fourth-order valence-electron chi connectivity index (χ4n) is 2.75. The summed E-state index contributed by atoms with van der Waals surface area (Å²) < 4.78 is 0. The Balaban J connectivity index is 1.68. The maximum absolute atomic E-state index is 12.6. The van der Waals surface area contributed by atoms with Crippen molar-refractivity contribution >= 4 is 17.4 Å². The number of aromatic nitrogens is 3. The van der Waals surface area contributed by atoms with Gasteiger partial charge in [-0.05, 0) is 35.6 Å². The summed E-state index contributed by atoms with van der Waals surface area (Å²) in [4.78, 5) is 25.2. The number of amides is 1. The van der Waals surface area contributed by atoms with Crippen LogP contribution in [0.1, 0.15) is 46.9 Å². The summed E-state index contributed by atoms with van der Waals surface area (Å²) in [5.74, 6) is 0.650. The quantitative estimate of drug-likeness (QED) is 0.689. The van der Waals surface area contributed by atoms with E-state index in [0.29, 0.717) is 18.3 Å². The molecule has 2 aromatic heterocycles. The predicted molar refractivity (Wildman–Crippen MR) is 107 cm³/mol. The van der Waals surface area contributed by atoms with E-state index >= 15 is 0 Å². The summed E-state index contributed by atoms with van der Waals surface area (Å²) in [6, 6.07) is 9.88. The van der Waals surface area contributed by atoms with Crippen molar-refractivity contribution in [1.29, 1.82) is 0 Å². The lowest BCUT2D eigenvalue weighted by Crippen LogP contribution is -2.17. The van der Waals surface area contributed by atoms with Crippen LogP contribution in [0.2, 0.25) is 0 Å². The Morgan fingerprint density at radius 2 is 1.93 bits per heavy atom. The topological polar surface area (TPSA) is 79.8 Å². The second-order valence-corrected chi connectivity index (χ2v) is 6.65. The van der Waals surface area contributed by atoms with Gasteiger partial charge in [0.15, 0.2) is 0 Å². The Morgan fingerprint density at radius 3 is 2.59 bits per heavy atom. The van der Waals surface area contributed by atoms with Crippen LogP contribution in [0.5, 0.6) is 0 Å². The van der Waals surface area contributed by atoms with Crippen molar-refractivity contribution in [2.24, 2.45) is 0 Å². The fraction of sp³-hybridized carbons (Fsp3) is 0.238. The second-order valence-electron chi connectivity index (χ2n) is 6.65.